The van der Waals surface area contributed by atoms with Crippen LogP contribution < -0.4 is 16.0 Å². The third-order valence-electron chi connectivity index (χ3n) is 5.72. The summed E-state index contributed by atoms with van der Waals surface area (Å²) in [6.45, 7) is 2.78. The number of fused-ring (bicyclic) bond motifs is 1. The molecule has 1 aliphatic heterocycles. The summed E-state index contributed by atoms with van der Waals surface area (Å²) in [7, 11) is 1.80. The molecule has 0 saturated carbocycles. The topological polar surface area (TPSA) is 119 Å². The molecule has 0 unspecified atom stereocenters. The van der Waals surface area contributed by atoms with Crippen LogP contribution in [0.3, 0.4) is 0 Å². The highest BCUT2D eigenvalue weighted by molar-refractivity contribution is 5.99. The van der Waals surface area contributed by atoms with Crippen LogP contribution in [0.1, 0.15) is 44.8 Å². The lowest BCUT2D eigenvalue weighted by Crippen LogP contribution is -2.34. The minimum absolute atomic E-state index is 0.0118. The summed E-state index contributed by atoms with van der Waals surface area (Å²) < 4.78 is 0. The molecule has 4 N–H and O–H groups in total. The largest absolute Gasteiger partial charge is 0.394 e. The first-order chi connectivity index (χ1) is 16.5. The van der Waals surface area contributed by atoms with Gasteiger partial charge in [-0.1, -0.05) is 30.3 Å². The van der Waals surface area contributed by atoms with E-state index in [-0.39, 0.29) is 24.0 Å². The van der Waals surface area contributed by atoms with Crippen LogP contribution in [-0.4, -0.2) is 58.5 Å². The first-order valence-corrected chi connectivity index (χ1v) is 11.2. The molecule has 9 nitrogen and oxygen atoms in total. The Bertz CT molecular complexity index is 1180. The second-order valence-electron chi connectivity index (χ2n) is 8.08. The summed E-state index contributed by atoms with van der Waals surface area (Å²) in [6.07, 6.45) is 2.23. The van der Waals surface area contributed by atoms with Gasteiger partial charge in [-0.05, 0) is 42.7 Å². The Hall–Kier alpha value is -3.98. The molecule has 2 amide bonds. The molecule has 34 heavy (non-hydrogen) atoms. The number of likely N-dealkylation sites (N-methyl/N-ethyl adjacent to an activating group) is 1. The summed E-state index contributed by atoms with van der Waals surface area (Å²) in [4.78, 5) is 35.5. The van der Waals surface area contributed by atoms with Crippen LogP contribution in [0.15, 0.2) is 54.7 Å². The van der Waals surface area contributed by atoms with E-state index in [1.54, 1.807) is 18.0 Å². The van der Waals surface area contributed by atoms with Crippen molar-refractivity contribution in [3.8, 4) is 0 Å². The monoisotopic (exact) mass is 460 g/mol. The van der Waals surface area contributed by atoms with Gasteiger partial charge >= 0.3 is 0 Å². The summed E-state index contributed by atoms with van der Waals surface area (Å²) in [5.41, 5.74) is 3.55. The SMILES string of the molecule is CCNC(=O)c1cnc(Nc2ccc3c(c2)CCN(C)C3=O)nc1N[C@H](CO)c1ccccc1. The van der Waals surface area contributed by atoms with Gasteiger partial charge in [-0.25, -0.2) is 4.98 Å². The van der Waals surface area contributed by atoms with Crippen molar-refractivity contribution in [2.75, 3.05) is 37.4 Å². The normalized spacial score (nSPS) is 13.7. The van der Waals surface area contributed by atoms with Gasteiger partial charge < -0.3 is 26.0 Å². The number of nitrogens with one attached hydrogen (secondary N) is 3. The number of aliphatic hydroxyl groups is 1. The van der Waals surface area contributed by atoms with Gasteiger partial charge in [0.1, 0.15) is 11.4 Å². The van der Waals surface area contributed by atoms with Crippen molar-refractivity contribution in [1.29, 1.82) is 0 Å². The number of carbonyl (C=O) groups excluding carboxylic acids is 2. The summed E-state index contributed by atoms with van der Waals surface area (Å²) in [6, 6.07) is 14.5. The van der Waals surface area contributed by atoms with Gasteiger partial charge in [0.05, 0.1) is 12.6 Å². The van der Waals surface area contributed by atoms with E-state index in [0.29, 0.717) is 30.4 Å². The Labute approximate surface area is 198 Å². The molecule has 0 spiro atoms. The molecule has 2 aromatic carbocycles. The molecule has 4 rings (SSSR count). The first-order valence-electron chi connectivity index (χ1n) is 11.2. The Balaban J connectivity index is 1.63. The number of rotatable bonds is 8. The van der Waals surface area contributed by atoms with E-state index in [9.17, 15) is 14.7 Å². The highest BCUT2D eigenvalue weighted by atomic mass is 16.3. The van der Waals surface area contributed by atoms with Crippen LogP contribution in [0.25, 0.3) is 0 Å². The lowest BCUT2D eigenvalue weighted by atomic mass is 9.99. The van der Waals surface area contributed by atoms with Crippen molar-refractivity contribution in [3.05, 3.63) is 77.0 Å². The second kappa shape index (κ2) is 10.3. The fourth-order valence-corrected chi connectivity index (χ4v) is 3.87. The maximum atomic E-state index is 12.6. The maximum Gasteiger partial charge on any atom is 0.256 e. The summed E-state index contributed by atoms with van der Waals surface area (Å²) in [5, 5.41) is 19.1. The summed E-state index contributed by atoms with van der Waals surface area (Å²) in [5.74, 6) is 0.302. The lowest BCUT2D eigenvalue weighted by Gasteiger charge is -2.25. The minimum atomic E-state index is -0.455. The standard InChI is InChI=1S/C25H28N6O3/c1-3-26-23(33)20-14-27-25(30-22(20)29-21(15-32)16-7-5-4-6-8-16)28-18-9-10-19-17(13-18)11-12-31(2)24(19)34/h4-10,13-14,21,32H,3,11-12,15H2,1-2H3,(H,26,33)(H2,27,28,29,30)/t21-/m1/s1. The number of nitrogens with zero attached hydrogens (tertiary/aromatic N) is 3. The van der Waals surface area contributed by atoms with Gasteiger partial charge in [0.25, 0.3) is 11.8 Å². The number of hydrogen-bond acceptors (Lipinski definition) is 7. The lowest BCUT2D eigenvalue weighted by molar-refractivity contribution is 0.0780. The number of hydrogen-bond donors (Lipinski definition) is 4. The zero-order valence-corrected chi connectivity index (χ0v) is 19.2. The molecule has 0 radical (unpaired) electrons. The zero-order chi connectivity index (χ0) is 24.1. The number of aromatic nitrogens is 2. The predicted octanol–water partition coefficient (Wildman–Crippen LogP) is 2.74. The Morgan fingerprint density at radius 1 is 1.21 bits per heavy atom. The maximum absolute atomic E-state index is 12.6. The third kappa shape index (κ3) is 4.99. The average Bonchev–Trinajstić information content (AvgIpc) is 2.85. The van der Waals surface area contributed by atoms with Crippen LogP contribution in [0.4, 0.5) is 17.5 Å². The predicted molar refractivity (Wildman–Crippen MR) is 130 cm³/mol. The minimum Gasteiger partial charge on any atom is -0.394 e. The van der Waals surface area contributed by atoms with E-state index < -0.39 is 6.04 Å². The molecular formula is C25H28N6O3. The van der Waals surface area contributed by atoms with Gasteiger partial charge in [-0.2, -0.15) is 4.98 Å². The van der Waals surface area contributed by atoms with Crippen LogP contribution in [0.5, 0.6) is 0 Å². The third-order valence-corrected chi connectivity index (χ3v) is 5.72. The van der Waals surface area contributed by atoms with E-state index in [0.717, 1.165) is 23.2 Å². The average molecular weight is 461 g/mol. The van der Waals surface area contributed by atoms with Crippen LogP contribution in [-0.2, 0) is 6.42 Å². The van der Waals surface area contributed by atoms with Crippen molar-refractivity contribution in [1.82, 2.24) is 20.2 Å². The van der Waals surface area contributed by atoms with Gasteiger partial charge in [0.15, 0.2) is 0 Å². The van der Waals surface area contributed by atoms with Crippen molar-refractivity contribution in [2.24, 2.45) is 0 Å². The smallest absolute Gasteiger partial charge is 0.256 e. The molecule has 0 fully saturated rings. The molecule has 0 saturated heterocycles. The Kier molecular flexibility index (Phi) is 7.03. The van der Waals surface area contributed by atoms with Crippen molar-refractivity contribution in [3.63, 3.8) is 0 Å². The zero-order valence-electron chi connectivity index (χ0n) is 19.2. The summed E-state index contributed by atoms with van der Waals surface area (Å²) >= 11 is 0. The van der Waals surface area contributed by atoms with Crippen LogP contribution in [0, 0.1) is 0 Å². The van der Waals surface area contributed by atoms with Crippen LogP contribution >= 0.6 is 0 Å². The van der Waals surface area contributed by atoms with Crippen molar-refractivity contribution in [2.45, 2.75) is 19.4 Å². The number of anilines is 3. The quantitative estimate of drug-likeness (QED) is 0.408. The molecule has 1 atom stereocenters. The number of amides is 2. The van der Waals surface area contributed by atoms with Crippen molar-refractivity contribution < 1.29 is 14.7 Å². The highest BCUT2D eigenvalue weighted by Crippen LogP contribution is 2.26. The molecule has 1 aromatic heterocycles. The molecule has 1 aliphatic rings. The van der Waals surface area contributed by atoms with E-state index in [1.165, 1.54) is 6.20 Å². The highest BCUT2D eigenvalue weighted by Gasteiger charge is 2.22. The number of aliphatic hydroxyl groups excluding tert-OH is 1. The van der Waals surface area contributed by atoms with E-state index in [2.05, 4.69) is 25.9 Å². The molecule has 176 valence electrons. The van der Waals surface area contributed by atoms with Gasteiger partial charge in [-0.15, -0.1) is 0 Å². The Morgan fingerprint density at radius 3 is 2.74 bits per heavy atom. The number of benzene rings is 2. The number of carbonyl (C=O) groups is 2. The molecule has 2 heterocycles. The molecular weight excluding hydrogens is 432 g/mol. The second-order valence-corrected chi connectivity index (χ2v) is 8.08. The Morgan fingerprint density at radius 2 is 2.00 bits per heavy atom. The molecule has 3 aromatic rings. The van der Waals surface area contributed by atoms with Gasteiger partial charge in [-0.3, -0.25) is 9.59 Å². The molecule has 0 aliphatic carbocycles. The fraction of sp³-hybridized carbons (Fsp3) is 0.280. The van der Waals surface area contributed by atoms with E-state index in [4.69, 9.17) is 0 Å². The molecule has 9 heteroatoms. The van der Waals surface area contributed by atoms with E-state index in [1.807, 2.05) is 49.4 Å². The first kappa shape index (κ1) is 23.2. The van der Waals surface area contributed by atoms with Gasteiger partial charge in [0.2, 0.25) is 5.95 Å². The van der Waals surface area contributed by atoms with Crippen molar-refractivity contribution >= 4 is 29.3 Å². The fourth-order valence-electron chi connectivity index (χ4n) is 3.87. The van der Waals surface area contributed by atoms with Gasteiger partial charge in [0, 0.05) is 37.6 Å². The van der Waals surface area contributed by atoms with Crippen LogP contribution in [0.2, 0.25) is 0 Å². The van der Waals surface area contributed by atoms with E-state index >= 15 is 0 Å². The molecule has 0 bridgehead atoms.